The van der Waals surface area contributed by atoms with Gasteiger partial charge in [0.05, 0.1) is 17.3 Å². The predicted molar refractivity (Wildman–Crippen MR) is 58.1 cm³/mol. The van der Waals surface area contributed by atoms with E-state index in [0.717, 1.165) is 29.0 Å². The second kappa shape index (κ2) is 3.77. The zero-order valence-corrected chi connectivity index (χ0v) is 9.30. The number of thioether (sulfide) groups is 1. The minimum Gasteiger partial charge on any atom is -0.298 e. The molecule has 1 unspecified atom stereocenters. The third-order valence-electron chi connectivity index (χ3n) is 2.75. The molecular weight excluding hydrogens is 196 g/mol. The first-order valence-electron chi connectivity index (χ1n) is 4.82. The molecule has 76 valence electrons. The molecule has 14 heavy (non-hydrogen) atoms. The lowest BCUT2D eigenvalue weighted by Crippen LogP contribution is -2.11. The fourth-order valence-electron chi connectivity index (χ4n) is 1.92. The van der Waals surface area contributed by atoms with Crippen LogP contribution in [0, 0.1) is 13.8 Å². The van der Waals surface area contributed by atoms with Gasteiger partial charge in [0.2, 0.25) is 0 Å². The van der Waals surface area contributed by atoms with Crippen LogP contribution < -0.4 is 0 Å². The van der Waals surface area contributed by atoms with Crippen LogP contribution in [0.5, 0.6) is 0 Å². The van der Waals surface area contributed by atoms with E-state index in [1.807, 2.05) is 30.3 Å². The number of rotatable bonds is 2. The SMILES string of the molecule is Cc1nn(C2CCSC2)c(C)c1C=O. The topological polar surface area (TPSA) is 34.9 Å². The van der Waals surface area contributed by atoms with Gasteiger partial charge in [-0.2, -0.15) is 16.9 Å². The molecule has 3 nitrogen and oxygen atoms in total. The Balaban J connectivity index is 2.38. The maximum absolute atomic E-state index is 10.8. The summed E-state index contributed by atoms with van der Waals surface area (Å²) < 4.78 is 2.03. The van der Waals surface area contributed by atoms with Crippen LogP contribution in [-0.2, 0) is 0 Å². The first-order chi connectivity index (χ1) is 6.74. The van der Waals surface area contributed by atoms with E-state index in [2.05, 4.69) is 5.10 Å². The van der Waals surface area contributed by atoms with Crippen molar-refractivity contribution in [2.45, 2.75) is 26.3 Å². The average molecular weight is 210 g/mol. The van der Waals surface area contributed by atoms with Gasteiger partial charge in [0.25, 0.3) is 0 Å². The van der Waals surface area contributed by atoms with E-state index in [0.29, 0.717) is 6.04 Å². The van der Waals surface area contributed by atoms with E-state index in [4.69, 9.17) is 0 Å². The van der Waals surface area contributed by atoms with Crippen LogP contribution in [0.15, 0.2) is 0 Å². The molecule has 1 aromatic rings. The lowest BCUT2D eigenvalue weighted by molar-refractivity contribution is 0.112. The van der Waals surface area contributed by atoms with Gasteiger partial charge in [0, 0.05) is 11.4 Å². The smallest absolute Gasteiger partial charge is 0.153 e. The zero-order chi connectivity index (χ0) is 10.1. The Morgan fingerprint density at radius 1 is 1.57 bits per heavy atom. The number of aromatic nitrogens is 2. The van der Waals surface area contributed by atoms with Gasteiger partial charge in [-0.3, -0.25) is 9.48 Å². The minimum atomic E-state index is 0.493. The van der Waals surface area contributed by atoms with Gasteiger partial charge in [-0.05, 0) is 26.0 Å². The Kier molecular flexibility index (Phi) is 2.63. The third kappa shape index (κ3) is 1.47. The molecule has 0 bridgehead atoms. The summed E-state index contributed by atoms with van der Waals surface area (Å²) in [7, 11) is 0. The molecule has 0 aliphatic carbocycles. The van der Waals surface area contributed by atoms with Crippen LogP contribution >= 0.6 is 11.8 Å². The molecule has 0 aromatic carbocycles. The highest BCUT2D eigenvalue weighted by Gasteiger charge is 2.21. The molecule has 1 fully saturated rings. The van der Waals surface area contributed by atoms with Gasteiger partial charge in [-0.25, -0.2) is 0 Å². The molecule has 1 aliphatic rings. The summed E-state index contributed by atoms with van der Waals surface area (Å²) in [4.78, 5) is 10.8. The summed E-state index contributed by atoms with van der Waals surface area (Å²) in [6.07, 6.45) is 2.08. The van der Waals surface area contributed by atoms with Crippen molar-refractivity contribution in [1.82, 2.24) is 9.78 Å². The third-order valence-corrected chi connectivity index (χ3v) is 3.90. The summed E-state index contributed by atoms with van der Waals surface area (Å²) in [5.41, 5.74) is 2.64. The van der Waals surface area contributed by atoms with Gasteiger partial charge in [0.15, 0.2) is 6.29 Å². The lowest BCUT2D eigenvalue weighted by Gasteiger charge is -2.10. The van der Waals surface area contributed by atoms with Crippen molar-refractivity contribution in [1.29, 1.82) is 0 Å². The van der Waals surface area contributed by atoms with Gasteiger partial charge in [0.1, 0.15) is 0 Å². The number of hydrogen-bond acceptors (Lipinski definition) is 3. The first-order valence-corrected chi connectivity index (χ1v) is 5.98. The number of aldehydes is 1. The average Bonchev–Trinajstić information content (AvgIpc) is 2.74. The van der Waals surface area contributed by atoms with Crippen LogP contribution in [0.4, 0.5) is 0 Å². The van der Waals surface area contributed by atoms with Crippen LogP contribution in [-0.4, -0.2) is 27.6 Å². The molecule has 0 saturated carbocycles. The van der Waals surface area contributed by atoms with Crippen LogP contribution in [0.3, 0.4) is 0 Å². The van der Waals surface area contributed by atoms with E-state index in [-0.39, 0.29) is 0 Å². The van der Waals surface area contributed by atoms with E-state index >= 15 is 0 Å². The summed E-state index contributed by atoms with van der Waals surface area (Å²) in [5.74, 6) is 2.33. The maximum atomic E-state index is 10.8. The van der Waals surface area contributed by atoms with Crippen LogP contribution in [0.1, 0.15) is 34.2 Å². The molecule has 1 aliphatic heterocycles. The Morgan fingerprint density at radius 3 is 2.86 bits per heavy atom. The van der Waals surface area contributed by atoms with Gasteiger partial charge < -0.3 is 0 Å². The Labute approximate surface area is 87.9 Å². The van der Waals surface area contributed by atoms with Crippen molar-refractivity contribution in [2.24, 2.45) is 0 Å². The predicted octanol–water partition coefficient (Wildman–Crippen LogP) is 1.99. The fourth-order valence-corrected chi connectivity index (χ4v) is 3.10. The summed E-state index contributed by atoms with van der Waals surface area (Å²) in [6.45, 7) is 3.88. The molecule has 0 radical (unpaired) electrons. The van der Waals surface area contributed by atoms with E-state index in [1.165, 1.54) is 12.2 Å². The first kappa shape index (κ1) is 9.77. The number of aryl methyl sites for hydroxylation is 1. The second-order valence-electron chi connectivity index (χ2n) is 3.66. The largest absolute Gasteiger partial charge is 0.298 e. The van der Waals surface area contributed by atoms with Crippen molar-refractivity contribution in [2.75, 3.05) is 11.5 Å². The molecule has 0 spiro atoms. The van der Waals surface area contributed by atoms with Crippen molar-refractivity contribution in [3.8, 4) is 0 Å². The van der Waals surface area contributed by atoms with E-state index < -0.39 is 0 Å². The highest BCUT2D eigenvalue weighted by Crippen LogP contribution is 2.29. The second-order valence-corrected chi connectivity index (χ2v) is 4.81. The monoisotopic (exact) mass is 210 g/mol. The molecule has 2 heterocycles. The molecule has 2 rings (SSSR count). The molecule has 1 atom stereocenters. The van der Waals surface area contributed by atoms with E-state index in [9.17, 15) is 4.79 Å². The normalized spacial score (nSPS) is 21.4. The number of carbonyl (C=O) groups excluding carboxylic acids is 1. The summed E-state index contributed by atoms with van der Waals surface area (Å²) in [6, 6.07) is 0.493. The molecule has 0 amide bonds. The standard InChI is InChI=1S/C10H14N2OS/c1-7-10(5-13)8(2)12(11-7)9-3-4-14-6-9/h5,9H,3-4,6H2,1-2H3. The zero-order valence-electron chi connectivity index (χ0n) is 8.49. The number of nitrogens with zero attached hydrogens (tertiary/aromatic N) is 2. The van der Waals surface area contributed by atoms with Crippen molar-refractivity contribution in [3.05, 3.63) is 17.0 Å². The van der Waals surface area contributed by atoms with Crippen LogP contribution in [0.2, 0.25) is 0 Å². The minimum absolute atomic E-state index is 0.493. The molecule has 1 saturated heterocycles. The highest BCUT2D eigenvalue weighted by atomic mass is 32.2. The molecule has 0 N–H and O–H groups in total. The lowest BCUT2D eigenvalue weighted by atomic mass is 10.2. The van der Waals surface area contributed by atoms with Crippen molar-refractivity contribution < 1.29 is 4.79 Å². The molecule has 1 aromatic heterocycles. The Bertz CT molecular complexity index is 353. The van der Waals surface area contributed by atoms with E-state index in [1.54, 1.807) is 0 Å². The Hall–Kier alpha value is -0.770. The van der Waals surface area contributed by atoms with Gasteiger partial charge >= 0.3 is 0 Å². The highest BCUT2D eigenvalue weighted by molar-refractivity contribution is 7.99. The van der Waals surface area contributed by atoms with Gasteiger partial charge in [-0.1, -0.05) is 0 Å². The Morgan fingerprint density at radius 2 is 2.36 bits per heavy atom. The number of hydrogen-bond donors (Lipinski definition) is 0. The number of carbonyl (C=O) groups is 1. The van der Waals surface area contributed by atoms with Gasteiger partial charge in [-0.15, -0.1) is 0 Å². The van der Waals surface area contributed by atoms with Crippen molar-refractivity contribution >= 4 is 18.0 Å². The maximum Gasteiger partial charge on any atom is 0.153 e. The summed E-state index contributed by atoms with van der Waals surface area (Å²) in [5, 5.41) is 4.44. The summed E-state index contributed by atoms with van der Waals surface area (Å²) >= 11 is 1.96. The van der Waals surface area contributed by atoms with Crippen LogP contribution in [0.25, 0.3) is 0 Å². The molecule has 4 heteroatoms. The molecular formula is C10H14N2OS. The quantitative estimate of drug-likeness (QED) is 0.700. The van der Waals surface area contributed by atoms with Crippen molar-refractivity contribution in [3.63, 3.8) is 0 Å². The fraction of sp³-hybridized carbons (Fsp3) is 0.600.